The molecule has 5 nitrogen and oxygen atoms in total. The fourth-order valence-electron chi connectivity index (χ4n) is 4.99. The first-order valence-corrected chi connectivity index (χ1v) is 12.0. The first kappa shape index (κ1) is 26.4. The largest absolute Gasteiger partial charge is 0.356 e. The lowest BCUT2D eigenvalue weighted by Gasteiger charge is -2.48. The van der Waals surface area contributed by atoms with Gasteiger partial charge in [0.1, 0.15) is 0 Å². The average molecular weight is 542 g/mol. The van der Waals surface area contributed by atoms with Crippen LogP contribution in [0.1, 0.15) is 51.5 Å². The fraction of sp³-hybridized carbons (Fsp3) is 0.720. The molecule has 0 aliphatic carbocycles. The second kappa shape index (κ2) is 13.6. The standard InChI is InChI=1S/C25H43N5.HI/c1-21(2)28(4)16-9-8-15-27-25(26-3)30-18-14-24-23(20-30)13-10-17-29(24)19-22-11-6-5-7-12-22;/h5-7,11-12,21,23-24H,8-10,13-20H2,1-4H3,(H,26,27);1H. The predicted octanol–water partition coefficient (Wildman–Crippen LogP) is 4.29. The van der Waals surface area contributed by atoms with Crippen molar-refractivity contribution in [1.82, 2.24) is 20.0 Å². The van der Waals surface area contributed by atoms with Crippen molar-refractivity contribution in [2.24, 2.45) is 10.9 Å². The van der Waals surface area contributed by atoms with Crippen molar-refractivity contribution in [1.29, 1.82) is 0 Å². The second-order valence-electron chi connectivity index (χ2n) is 9.42. The van der Waals surface area contributed by atoms with Crippen LogP contribution in [-0.4, -0.2) is 79.6 Å². The second-order valence-corrected chi connectivity index (χ2v) is 9.42. The number of guanidine groups is 1. The van der Waals surface area contributed by atoms with Gasteiger partial charge in [0.15, 0.2) is 5.96 Å². The highest BCUT2D eigenvalue weighted by atomic mass is 127. The number of likely N-dealkylation sites (tertiary alicyclic amines) is 2. The molecule has 2 aliphatic rings. The van der Waals surface area contributed by atoms with E-state index in [4.69, 9.17) is 0 Å². The van der Waals surface area contributed by atoms with Crippen molar-refractivity contribution in [3.8, 4) is 0 Å². The molecule has 0 amide bonds. The van der Waals surface area contributed by atoms with E-state index in [1.807, 2.05) is 7.05 Å². The molecule has 2 saturated heterocycles. The third kappa shape index (κ3) is 7.90. The summed E-state index contributed by atoms with van der Waals surface area (Å²) in [7, 11) is 4.15. The molecule has 2 unspecified atom stereocenters. The summed E-state index contributed by atoms with van der Waals surface area (Å²) in [5, 5.41) is 3.63. The first-order chi connectivity index (χ1) is 14.6. The van der Waals surface area contributed by atoms with Crippen molar-refractivity contribution < 1.29 is 0 Å². The normalized spacial score (nSPS) is 22.4. The molecule has 6 heteroatoms. The zero-order valence-corrected chi connectivity index (χ0v) is 22.4. The Morgan fingerprint density at radius 3 is 2.65 bits per heavy atom. The van der Waals surface area contributed by atoms with Crippen molar-refractivity contribution in [2.45, 2.75) is 64.6 Å². The van der Waals surface area contributed by atoms with E-state index in [9.17, 15) is 0 Å². The molecule has 2 fully saturated rings. The quantitative estimate of drug-likeness (QED) is 0.231. The fourth-order valence-corrected chi connectivity index (χ4v) is 4.99. The summed E-state index contributed by atoms with van der Waals surface area (Å²) < 4.78 is 0. The minimum atomic E-state index is 0. The van der Waals surface area contributed by atoms with Crippen molar-refractivity contribution in [2.75, 3.05) is 46.8 Å². The van der Waals surface area contributed by atoms with Gasteiger partial charge in [0.05, 0.1) is 0 Å². The molecule has 1 aromatic carbocycles. The minimum absolute atomic E-state index is 0. The highest BCUT2D eigenvalue weighted by molar-refractivity contribution is 14.0. The van der Waals surface area contributed by atoms with Crippen LogP contribution >= 0.6 is 24.0 Å². The summed E-state index contributed by atoms with van der Waals surface area (Å²) >= 11 is 0. The Balaban J connectivity index is 0.00000341. The van der Waals surface area contributed by atoms with Crippen LogP contribution in [0.2, 0.25) is 0 Å². The molecule has 2 aliphatic heterocycles. The lowest BCUT2D eigenvalue weighted by molar-refractivity contribution is 0.0372. The first-order valence-electron chi connectivity index (χ1n) is 12.0. The van der Waals surface area contributed by atoms with Crippen LogP contribution in [0.5, 0.6) is 0 Å². The third-order valence-corrected chi connectivity index (χ3v) is 7.03. The number of aliphatic imine (C=N–C) groups is 1. The number of halogens is 1. The van der Waals surface area contributed by atoms with E-state index >= 15 is 0 Å². The van der Waals surface area contributed by atoms with Crippen molar-refractivity contribution >= 4 is 29.9 Å². The summed E-state index contributed by atoms with van der Waals surface area (Å²) in [6.45, 7) is 11.3. The molecule has 0 radical (unpaired) electrons. The molecule has 176 valence electrons. The number of piperidine rings is 2. The zero-order chi connectivity index (χ0) is 21.3. The molecule has 31 heavy (non-hydrogen) atoms. The smallest absolute Gasteiger partial charge is 0.193 e. The van der Waals surface area contributed by atoms with Gasteiger partial charge in [-0.2, -0.15) is 0 Å². The van der Waals surface area contributed by atoms with Crippen LogP contribution in [0.15, 0.2) is 35.3 Å². The highest BCUT2D eigenvalue weighted by Gasteiger charge is 2.36. The zero-order valence-electron chi connectivity index (χ0n) is 20.1. The lowest BCUT2D eigenvalue weighted by Crippen LogP contribution is -2.56. The Hall–Kier alpha value is -0.860. The van der Waals surface area contributed by atoms with Gasteiger partial charge in [-0.25, -0.2) is 0 Å². The maximum absolute atomic E-state index is 4.60. The number of rotatable bonds is 8. The Bertz CT molecular complexity index is 651. The summed E-state index contributed by atoms with van der Waals surface area (Å²) in [4.78, 5) is 12.3. The maximum Gasteiger partial charge on any atom is 0.193 e. The van der Waals surface area contributed by atoms with E-state index in [2.05, 4.69) is 76.2 Å². The van der Waals surface area contributed by atoms with E-state index in [-0.39, 0.29) is 24.0 Å². The Labute approximate surface area is 207 Å². The van der Waals surface area contributed by atoms with E-state index in [0.29, 0.717) is 6.04 Å². The topological polar surface area (TPSA) is 34.1 Å². The predicted molar refractivity (Wildman–Crippen MR) is 143 cm³/mol. The Morgan fingerprint density at radius 1 is 1.16 bits per heavy atom. The maximum atomic E-state index is 4.60. The molecule has 1 aromatic rings. The monoisotopic (exact) mass is 541 g/mol. The van der Waals surface area contributed by atoms with E-state index in [1.165, 1.54) is 50.8 Å². The molecule has 0 aromatic heterocycles. The number of benzene rings is 1. The van der Waals surface area contributed by atoms with Crippen LogP contribution < -0.4 is 5.32 Å². The van der Waals surface area contributed by atoms with Crippen LogP contribution in [0, 0.1) is 5.92 Å². The molecule has 0 saturated carbocycles. The number of fused-ring (bicyclic) bond motifs is 1. The van der Waals surface area contributed by atoms with Gasteiger partial charge in [-0.05, 0) is 77.6 Å². The van der Waals surface area contributed by atoms with Gasteiger partial charge < -0.3 is 15.1 Å². The summed E-state index contributed by atoms with van der Waals surface area (Å²) in [6, 6.07) is 12.3. The Kier molecular flexibility index (Phi) is 11.6. The number of hydrogen-bond acceptors (Lipinski definition) is 3. The van der Waals surface area contributed by atoms with Crippen molar-refractivity contribution in [3.05, 3.63) is 35.9 Å². The molecule has 2 heterocycles. The van der Waals surface area contributed by atoms with Crippen LogP contribution in [0.3, 0.4) is 0 Å². The van der Waals surface area contributed by atoms with Crippen LogP contribution in [0.4, 0.5) is 0 Å². The van der Waals surface area contributed by atoms with Gasteiger partial charge in [0, 0.05) is 45.3 Å². The van der Waals surface area contributed by atoms with Gasteiger partial charge in [0.25, 0.3) is 0 Å². The van der Waals surface area contributed by atoms with Gasteiger partial charge in [-0.15, -0.1) is 24.0 Å². The molecule has 2 atom stereocenters. The van der Waals surface area contributed by atoms with Crippen LogP contribution in [0.25, 0.3) is 0 Å². The molecular weight excluding hydrogens is 497 g/mol. The third-order valence-electron chi connectivity index (χ3n) is 7.03. The molecule has 0 spiro atoms. The molecule has 3 rings (SSSR count). The van der Waals surface area contributed by atoms with Crippen LogP contribution in [-0.2, 0) is 6.54 Å². The summed E-state index contributed by atoms with van der Waals surface area (Å²) in [5.41, 5.74) is 1.45. The highest BCUT2D eigenvalue weighted by Crippen LogP contribution is 2.31. The Morgan fingerprint density at radius 2 is 1.94 bits per heavy atom. The number of nitrogens with zero attached hydrogens (tertiary/aromatic N) is 4. The van der Waals surface area contributed by atoms with Gasteiger partial charge >= 0.3 is 0 Å². The van der Waals surface area contributed by atoms with E-state index in [1.54, 1.807) is 0 Å². The van der Waals surface area contributed by atoms with Gasteiger partial charge in [-0.1, -0.05) is 30.3 Å². The molecule has 1 N–H and O–H groups in total. The van der Waals surface area contributed by atoms with Crippen molar-refractivity contribution in [3.63, 3.8) is 0 Å². The lowest BCUT2D eigenvalue weighted by atomic mass is 9.83. The number of unbranched alkanes of at least 4 members (excludes halogenated alkanes) is 1. The summed E-state index contributed by atoms with van der Waals surface area (Å²) in [6.07, 6.45) is 6.35. The van der Waals surface area contributed by atoms with E-state index in [0.717, 1.165) is 44.1 Å². The number of nitrogens with one attached hydrogen (secondary N) is 1. The SMILES string of the molecule is CN=C(NCCCCN(C)C(C)C)N1CCC2C(CCCN2Cc2ccccc2)C1.I. The van der Waals surface area contributed by atoms with Gasteiger partial charge in [-0.3, -0.25) is 9.89 Å². The number of hydrogen-bond donors (Lipinski definition) is 1. The average Bonchev–Trinajstić information content (AvgIpc) is 2.76. The summed E-state index contributed by atoms with van der Waals surface area (Å²) in [5.74, 6) is 1.86. The minimum Gasteiger partial charge on any atom is -0.356 e. The van der Waals surface area contributed by atoms with Gasteiger partial charge in [0.2, 0.25) is 0 Å². The van der Waals surface area contributed by atoms with E-state index < -0.39 is 0 Å². The molecule has 0 bridgehead atoms. The molecular formula is C25H44IN5.